The zero-order chi connectivity index (χ0) is 16.1. The number of piperazine rings is 1. The zero-order valence-electron chi connectivity index (χ0n) is 13.3. The van der Waals surface area contributed by atoms with Crippen LogP contribution in [0.4, 0.5) is 5.69 Å². The molecule has 6 nitrogen and oxygen atoms in total. The van der Waals surface area contributed by atoms with Gasteiger partial charge in [-0.3, -0.25) is 4.68 Å². The molecule has 0 spiro atoms. The minimum absolute atomic E-state index is 0.575. The summed E-state index contributed by atoms with van der Waals surface area (Å²) >= 11 is 6.53. The summed E-state index contributed by atoms with van der Waals surface area (Å²) in [5.41, 5.74) is 3.16. The summed E-state index contributed by atoms with van der Waals surface area (Å²) in [4.78, 5) is 2.34. The van der Waals surface area contributed by atoms with Crippen LogP contribution in [0.1, 0.15) is 18.9 Å². The van der Waals surface area contributed by atoms with E-state index in [1.54, 1.807) is 0 Å². The summed E-state index contributed by atoms with van der Waals surface area (Å²) < 4.78 is 4.01. The first kappa shape index (κ1) is 14.3. The van der Waals surface area contributed by atoms with E-state index in [1.807, 2.05) is 23.1 Å². The molecule has 0 amide bonds. The number of anilines is 1. The van der Waals surface area contributed by atoms with E-state index in [2.05, 4.69) is 37.4 Å². The Morgan fingerprint density at radius 1 is 1.08 bits per heavy atom. The van der Waals surface area contributed by atoms with Gasteiger partial charge < -0.3 is 10.2 Å². The number of hydrogen-bond acceptors (Lipinski definition) is 4. The summed E-state index contributed by atoms with van der Waals surface area (Å²) in [6, 6.07) is 4.75. The molecule has 0 radical (unpaired) electrons. The molecule has 2 aliphatic rings. The SMILES string of the molecule is Clc1cc2cnn(-c3cnn(C4CC4)c3)c2cc1N1CCNCC1. The van der Waals surface area contributed by atoms with Gasteiger partial charge in [0.1, 0.15) is 5.69 Å². The van der Waals surface area contributed by atoms with Crippen molar-refractivity contribution >= 4 is 28.2 Å². The second-order valence-electron chi connectivity index (χ2n) is 6.57. The van der Waals surface area contributed by atoms with Crippen molar-refractivity contribution in [1.29, 1.82) is 0 Å². The van der Waals surface area contributed by atoms with Crippen LogP contribution in [-0.4, -0.2) is 45.7 Å². The molecule has 1 saturated heterocycles. The van der Waals surface area contributed by atoms with Gasteiger partial charge in [0.15, 0.2) is 0 Å². The van der Waals surface area contributed by atoms with Crippen molar-refractivity contribution in [2.24, 2.45) is 0 Å². The van der Waals surface area contributed by atoms with Crippen molar-refractivity contribution in [3.63, 3.8) is 0 Å². The average Bonchev–Trinajstić information content (AvgIpc) is 3.20. The molecular weight excluding hydrogens is 324 g/mol. The summed E-state index contributed by atoms with van der Waals surface area (Å²) in [7, 11) is 0. The molecule has 1 N–H and O–H groups in total. The quantitative estimate of drug-likeness (QED) is 0.795. The fourth-order valence-corrected chi connectivity index (χ4v) is 3.66. The van der Waals surface area contributed by atoms with Crippen LogP contribution < -0.4 is 10.2 Å². The number of nitrogens with one attached hydrogen (secondary N) is 1. The molecule has 1 saturated carbocycles. The van der Waals surface area contributed by atoms with Crippen molar-refractivity contribution in [2.45, 2.75) is 18.9 Å². The van der Waals surface area contributed by atoms with Gasteiger partial charge in [0.2, 0.25) is 0 Å². The van der Waals surface area contributed by atoms with E-state index in [9.17, 15) is 0 Å². The third kappa shape index (κ3) is 2.37. The maximum atomic E-state index is 6.53. The lowest BCUT2D eigenvalue weighted by atomic mass is 10.2. The predicted octanol–water partition coefficient (Wildman–Crippen LogP) is 2.62. The second kappa shape index (κ2) is 5.50. The Labute approximate surface area is 145 Å². The van der Waals surface area contributed by atoms with Crippen molar-refractivity contribution in [2.75, 3.05) is 31.1 Å². The van der Waals surface area contributed by atoms with Gasteiger partial charge >= 0.3 is 0 Å². The average molecular weight is 343 g/mol. The Bertz CT molecular complexity index is 888. The van der Waals surface area contributed by atoms with Gasteiger partial charge in [0, 0.05) is 31.6 Å². The molecule has 1 aromatic carbocycles. The van der Waals surface area contributed by atoms with Crippen molar-refractivity contribution in [1.82, 2.24) is 24.9 Å². The first-order chi connectivity index (χ1) is 11.8. The highest BCUT2D eigenvalue weighted by molar-refractivity contribution is 6.34. The number of fused-ring (bicyclic) bond motifs is 1. The van der Waals surface area contributed by atoms with E-state index in [0.717, 1.165) is 53.5 Å². The molecule has 3 heterocycles. The van der Waals surface area contributed by atoms with E-state index in [1.165, 1.54) is 12.8 Å². The molecular formula is C17H19ClN6. The van der Waals surface area contributed by atoms with Crippen LogP contribution in [0.5, 0.6) is 0 Å². The molecule has 1 aliphatic heterocycles. The minimum atomic E-state index is 0.575. The molecule has 2 fully saturated rings. The summed E-state index contributed by atoms with van der Waals surface area (Å²) in [6.07, 6.45) is 8.30. The highest BCUT2D eigenvalue weighted by Gasteiger charge is 2.25. The standard InChI is InChI=1S/C17H19ClN6/c18-15-7-12-9-21-24(14-10-20-23(11-14)13-1-2-13)16(12)8-17(15)22-5-3-19-4-6-22/h7-11,13,19H,1-6H2. The second-order valence-corrected chi connectivity index (χ2v) is 6.97. The highest BCUT2D eigenvalue weighted by atomic mass is 35.5. The zero-order valence-corrected chi connectivity index (χ0v) is 14.1. The number of rotatable bonds is 3. The number of aromatic nitrogens is 4. The Morgan fingerprint density at radius 3 is 2.71 bits per heavy atom. The normalized spacial score (nSPS) is 18.5. The summed E-state index contributed by atoms with van der Waals surface area (Å²) in [5, 5.41) is 14.3. The fourth-order valence-electron chi connectivity index (χ4n) is 3.37. The van der Waals surface area contributed by atoms with Crippen LogP contribution in [0.25, 0.3) is 16.6 Å². The molecule has 0 unspecified atom stereocenters. The van der Waals surface area contributed by atoms with Gasteiger partial charge in [-0.05, 0) is 25.0 Å². The maximum absolute atomic E-state index is 6.53. The lowest BCUT2D eigenvalue weighted by Gasteiger charge is -2.30. The van der Waals surface area contributed by atoms with Gasteiger partial charge in [0.25, 0.3) is 0 Å². The molecule has 5 rings (SSSR count). The van der Waals surface area contributed by atoms with Gasteiger partial charge in [-0.2, -0.15) is 10.2 Å². The minimum Gasteiger partial charge on any atom is -0.368 e. The molecule has 24 heavy (non-hydrogen) atoms. The number of benzene rings is 1. The number of halogens is 1. The molecule has 124 valence electrons. The van der Waals surface area contributed by atoms with Crippen LogP contribution >= 0.6 is 11.6 Å². The van der Waals surface area contributed by atoms with Gasteiger partial charge in [-0.15, -0.1) is 0 Å². The van der Waals surface area contributed by atoms with E-state index < -0.39 is 0 Å². The number of hydrogen-bond donors (Lipinski definition) is 1. The first-order valence-corrected chi connectivity index (χ1v) is 8.85. The third-order valence-electron chi connectivity index (χ3n) is 4.85. The predicted molar refractivity (Wildman–Crippen MR) is 95.2 cm³/mol. The van der Waals surface area contributed by atoms with E-state index in [4.69, 9.17) is 11.6 Å². The Morgan fingerprint density at radius 2 is 1.92 bits per heavy atom. The molecule has 3 aromatic rings. The number of nitrogens with zero attached hydrogens (tertiary/aromatic N) is 5. The molecule has 2 aromatic heterocycles. The molecule has 1 aliphatic carbocycles. The largest absolute Gasteiger partial charge is 0.368 e. The van der Waals surface area contributed by atoms with E-state index in [-0.39, 0.29) is 0 Å². The monoisotopic (exact) mass is 342 g/mol. The molecule has 0 bridgehead atoms. The van der Waals surface area contributed by atoms with Crippen LogP contribution in [0.15, 0.2) is 30.7 Å². The van der Waals surface area contributed by atoms with Crippen LogP contribution in [-0.2, 0) is 0 Å². The van der Waals surface area contributed by atoms with Crippen LogP contribution in [0.3, 0.4) is 0 Å². The smallest absolute Gasteiger partial charge is 0.103 e. The lowest BCUT2D eigenvalue weighted by Crippen LogP contribution is -2.43. The molecule has 0 atom stereocenters. The Balaban J connectivity index is 1.58. The highest BCUT2D eigenvalue weighted by Crippen LogP contribution is 2.35. The topological polar surface area (TPSA) is 50.9 Å². The van der Waals surface area contributed by atoms with E-state index in [0.29, 0.717) is 6.04 Å². The third-order valence-corrected chi connectivity index (χ3v) is 5.15. The van der Waals surface area contributed by atoms with Crippen molar-refractivity contribution in [3.8, 4) is 5.69 Å². The first-order valence-electron chi connectivity index (χ1n) is 8.47. The Hall–Kier alpha value is -2.05. The van der Waals surface area contributed by atoms with Gasteiger partial charge in [-0.25, -0.2) is 4.68 Å². The fraction of sp³-hybridized carbons (Fsp3) is 0.412. The summed E-state index contributed by atoms with van der Waals surface area (Å²) in [6.45, 7) is 3.92. The van der Waals surface area contributed by atoms with E-state index >= 15 is 0 Å². The maximum Gasteiger partial charge on any atom is 0.103 e. The Kier molecular flexibility index (Phi) is 3.28. The van der Waals surface area contributed by atoms with Gasteiger partial charge in [-0.1, -0.05) is 11.6 Å². The van der Waals surface area contributed by atoms with Crippen LogP contribution in [0, 0.1) is 0 Å². The lowest BCUT2D eigenvalue weighted by molar-refractivity contribution is 0.589. The van der Waals surface area contributed by atoms with Crippen molar-refractivity contribution in [3.05, 3.63) is 35.7 Å². The summed E-state index contributed by atoms with van der Waals surface area (Å²) in [5.74, 6) is 0. The van der Waals surface area contributed by atoms with Crippen LogP contribution in [0.2, 0.25) is 5.02 Å². The van der Waals surface area contributed by atoms with Crippen molar-refractivity contribution < 1.29 is 0 Å². The van der Waals surface area contributed by atoms with Gasteiger partial charge in [0.05, 0.1) is 40.9 Å². The molecule has 7 heteroatoms.